The lowest BCUT2D eigenvalue weighted by molar-refractivity contribution is -0.0762. The number of rotatable bonds is 25. The number of nitrogens with one attached hydrogen (secondary N) is 1. The molecule has 3 atom stereocenters. The zero-order valence-corrected chi connectivity index (χ0v) is 38.3. The van der Waals surface area contributed by atoms with Crippen LogP contribution in [0.5, 0.6) is 0 Å². The zero-order chi connectivity index (χ0) is 45.5. The number of amides is 1. The van der Waals surface area contributed by atoms with Crippen molar-refractivity contribution in [3.8, 4) is 0 Å². The van der Waals surface area contributed by atoms with E-state index in [9.17, 15) is 48.0 Å². The first-order valence-electron chi connectivity index (χ1n) is 20.4. The van der Waals surface area contributed by atoms with Crippen LogP contribution in [0.3, 0.4) is 0 Å². The number of alkyl carbamates (subject to hydrolysis) is 1. The number of ether oxygens (including phenoxy) is 1. The third-order valence-electron chi connectivity index (χ3n) is 9.76. The van der Waals surface area contributed by atoms with Gasteiger partial charge in [-0.2, -0.15) is 43.2 Å². The summed E-state index contributed by atoms with van der Waals surface area (Å²) in [4.78, 5) is 13.4. The molecule has 0 bridgehead atoms. The molecular formula is C41H63F6NO9S2Si. The quantitative estimate of drug-likeness (QED) is 0.0340. The summed E-state index contributed by atoms with van der Waals surface area (Å²) in [6, 6.07) is 15.3. The van der Waals surface area contributed by atoms with Crippen LogP contribution in [-0.2, 0) is 37.8 Å². The molecule has 0 spiro atoms. The standard InChI is InChI=1S/C41H63F6NO9S2Si/c1-8-9-10-11-12-13-14-15-16-17-18-25-30-35(56-58(50,51)40(42,43)44)36(57-59(52,53)41(45,46)47)34(48-37(49)55-38(2,3)4)31-54-60(39(5,6)7,32-26-21-19-22-27-32)33-28-23-20-24-29-33/h19-24,26-29,34-36H,8-18,25,30-31H2,1-7H3,(H,48,49)/t34-,35+,36-/m0/s1. The Morgan fingerprint density at radius 3 is 1.42 bits per heavy atom. The summed E-state index contributed by atoms with van der Waals surface area (Å²) in [5.41, 5.74) is -13.4. The van der Waals surface area contributed by atoms with Gasteiger partial charge in [0.1, 0.15) is 17.8 Å². The van der Waals surface area contributed by atoms with E-state index in [0.717, 1.165) is 44.9 Å². The van der Waals surface area contributed by atoms with E-state index in [-0.39, 0.29) is 12.8 Å². The Morgan fingerprint density at radius 1 is 0.633 bits per heavy atom. The average molecular weight is 920 g/mol. The molecule has 0 heterocycles. The number of carbonyl (C=O) groups excluding carboxylic acids is 1. The Labute approximate surface area is 353 Å². The molecule has 344 valence electrons. The molecule has 2 aromatic carbocycles. The highest BCUT2D eigenvalue weighted by Crippen LogP contribution is 2.38. The fourth-order valence-corrected chi connectivity index (χ4v) is 12.8. The maximum Gasteiger partial charge on any atom is 0.523 e. The summed E-state index contributed by atoms with van der Waals surface area (Å²) >= 11 is 0. The number of unbranched alkanes of at least 4 members (excludes halogenated alkanes) is 11. The lowest BCUT2D eigenvalue weighted by Crippen LogP contribution is -2.68. The first-order valence-corrected chi connectivity index (χ1v) is 25.1. The van der Waals surface area contributed by atoms with Crippen LogP contribution in [0, 0.1) is 0 Å². The predicted molar refractivity (Wildman–Crippen MR) is 222 cm³/mol. The summed E-state index contributed by atoms with van der Waals surface area (Å²) in [7, 11) is -16.9. The molecule has 0 unspecified atom stereocenters. The van der Waals surface area contributed by atoms with Crippen molar-refractivity contribution >= 4 is 45.0 Å². The van der Waals surface area contributed by atoms with E-state index in [4.69, 9.17) is 13.3 Å². The molecule has 0 saturated carbocycles. The fourth-order valence-electron chi connectivity index (χ4n) is 6.91. The Hall–Kier alpha value is -2.71. The van der Waals surface area contributed by atoms with Crippen molar-refractivity contribution < 1.29 is 65.5 Å². The molecule has 0 aliphatic heterocycles. The van der Waals surface area contributed by atoms with Gasteiger partial charge in [-0.3, -0.25) is 8.37 Å². The molecule has 2 aromatic rings. The molecule has 1 N–H and O–H groups in total. The van der Waals surface area contributed by atoms with Gasteiger partial charge in [-0.25, -0.2) is 4.79 Å². The molecule has 60 heavy (non-hydrogen) atoms. The average Bonchev–Trinajstić information content (AvgIpc) is 3.12. The minimum atomic E-state index is -6.68. The largest absolute Gasteiger partial charge is 0.523 e. The minimum absolute atomic E-state index is 0.101. The molecule has 0 aliphatic carbocycles. The summed E-state index contributed by atoms with van der Waals surface area (Å²) in [5.74, 6) is 0. The minimum Gasteiger partial charge on any atom is -0.444 e. The third-order valence-corrected chi connectivity index (χ3v) is 16.9. The molecule has 19 heteroatoms. The van der Waals surface area contributed by atoms with Crippen molar-refractivity contribution in [1.82, 2.24) is 5.32 Å². The number of halogens is 6. The van der Waals surface area contributed by atoms with Crippen molar-refractivity contribution in [3.63, 3.8) is 0 Å². The van der Waals surface area contributed by atoms with Crippen molar-refractivity contribution in [1.29, 1.82) is 0 Å². The van der Waals surface area contributed by atoms with Crippen LogP contribution in [0.2, 0.25) is 5.04 Å². The van der Waals surface area contributed by atoms with Crippen LogP contribution >= 0.6 is 0 Å². The van der Waals surface area contributed by atoms with E-state index in [2.05, 4.69) is 16.4 Å². The van der Waals surface area contributed by atoms with Crippen LogP contribution in [0.25, 0.3) is 0 Å². The topological polar surface area (TPSA) is 134 Å². The normalized spacial score (nSPS) is 15.0. The van der Waals surface area contributed by atoms with Crippen molar-refractivity contribution in [3.05, 3.63) is 60.7 Å². The SMILES string of the molecule is CCCCCCCCCCCCCC[C@@H](OS(=O)(=O)C(F)(F)F)[C@@H](OS(=O)(=O)C(F)(F)F)[C@H](CO[Si](c1ccccc1)(c1ccccc1)C(C)(C)C)NC(=O)OC(C)(C)C. The van der Waals surface area contributed by atoms with Gasteiger partial charge in [-0.15, -0.1) is 0 Å². The van der Waals surface area contributed by atoms with Crippen molar-refractivity contribution in [2.24, 2.45) is 0 Å². The maximum absolute atomic E-state index is 14.1. The van der Waals surface area contributed by atoms with E-state index in [1.807, 2.05) is 20.8 Å². The van der Waals surface area contributed by atoms with Crippen LogP contribution < -0.4 is 15.7 Å². The van der Waals surface area contributed by atoms with Gasteiger partial charge < -0.3 is 14.5 Å². The number of carbonyl (C=O) groups is 1. The third kappa shape index (κ3) is 16.5. The zero-order valence-electron chi connectivity index (χ0n) is 35.7. The van der Waals surface area contributed by atoms with E-state index in [0.29, 0.717) is 16.8 Å². The molecule has 0 fully saturated rings. The molecule has 0 aromatic heterocycles. The lowest BCUT2D eigenvalue weighted by Gasteiger charge is -2.44. The van der Waals surface area contributed by atoms with Crippen molar-refractivity contribution in [2.45, 2.75) is 172 Å². The second-order valence-corrected chi connectivity index (χ2v) is 24.3. The first-order chi connectivity index (χ1) is 27.7. The Bertz CT molecular complexity index is 1750. The van der Waals surface area contributed by atoms with Crippen LogP contribution in [0.1, 0.15) is 132 Å². The van der Waals surface area contributed by atoms with Gasteiger partial charge in [0.15, 0.2) is 0 Å². The van der Waals surface area contributed by atoms with E-state index in [1.165, 1.54) is 33.6 Å². The second-order valence-electron chi connectivity index (χ2n) is 16.9. The molecule has 0 radical (unpaired) electrons. The van der Waals surface area contributed by atoms with Gasteiger partial charge in [-0.1, -0.05) is 165 Å². The smallest absolute Gasteiger partial charge is 0.444 e. The monoisotopic (exact) mass is 919 g/mol. The Kier molecular flexibility index (Phi) is 20.6. The van der Waals surface area contributed by atoms with Gasteiger partial charge in [0, 0.05) is 0 Å². The maximum atomic E-state index is 14.1. The Balaban J connectivity index is 2.71. The van der Waals surface area contributed by atoms with Gasteiger partial charge in [0.25, 0.3) is 8.32 Å². The molecule has 0 saturated heterocycles. The van der Waals surface area contributed by atoms with Gasteiger partial charge in [-0.05, 0) is 42.6 Å². The molecular weight excluding hydrogens is 857 g/mol. The molecule has 1 amide bonds. The highest BCUT2D eigenvalue weighted by Gasteiger charge is 2.56. The van der Waals surface area contributed by atoms with Gasteiger partial charge in [0.2, 0.25) is 0 Å². The predicted octanol–water partition coefficient (Wildman–Crippen LogP) is 10.0. The van der Waals surface area contributed by atoms with Crippen LogP contribution in [0.15, 0.2) is 60.7 Å². The van der Waals surface area contributed by atoms with Gasteiger partial charge >= 0.3 is 37.3 Å². The number of benzene rings is 2. The fraction of sp³-hybridized carbons (Fsp3) is 0.683. The number of hydrogen-bond acceptors (Lipinski definition) is 9. The Morgan fingerprint density at radius 2 is 1.03 bits per heavy atom. The van der Waals surface area contributed by atoms with Crippen LogP contribution in [-0.4, -0.2) is 72.7 Å². The highest BCUT2D eigenvalue weighted by atomic mass is 32.2. The van der Waals surface area contributed by atoms with E-state index in [1.54, 1.807) is 60.7 Å². The van der Waals surface area contributed by atoms with E-state index < -0.39 is 87.6 Å². The van der Waals surface area contributed by atoms with Gasteiger partial charge in [0.05, 0.1) is 12.6 Å². The number of hydrogen-bond donors (Lipinski definition) is 1. The summed E-state index contributed by atoms with van der Waals surface area (Å²) in [6.45, 7) is 11.1. The highest BCUT2D eigenvalue weighted by molar-refractivity contribution is 7.88. The summed E-state index contributed by atoms with van der Waals surface area (Å²) in [5, 5.41) is 2.73. The molecule has 0 aliphatic rings. The molecule has 10 nitrogen and oxygen atoms in total. The summed E-state index contributed by atoms with van der Waals surface area (Å²) in [6.07, 6.45) is 2.66. The number of alkyl halides is 6. The van der Waals surface area contributed by atoms with E-state index >= 15 is 0 Å². The molecule has 2 rings (SSSR count). The van der Waals surface area contributed by atoms with Crippen molar-refractivity contribution in [2.75, 3.05) is 6.61 Å². The van der Waals surface area contributed by atoms with Crippen LogP contribution in [0.4, 0.5) is 31.1 Å². The lowest BCUT2D eigenvalue weighted by atomic mass is 9.99. The summed E-state index contributed by atoms with van der Waals surface area (Å²) < 4.78 is 156. The second kappa shape index (κ2) is 23.1. The first kappa shape index (κ1) is 53.4.